The Morgan fingerprint density at radius 1 is 1.29 bits per heavy atom. The van der Waals surface area contributed by atoms with Gasteiger partial charge >= 0.3 is 0 Å². The van der Waals surface area contributed by atoms with Crippen molar-refractivity contribution < 1.29 is 17.6 Å². The number of hydrogen-bond acceptors (Lipinski definition) is 4. The van der Waals surface area contributed by atoms with E-state index in [1.54, 1.807) is 19.1 Å². The van der Waals surface area contributed by atoms with Crippen molar-refractivity contribution in [3.8, 4) is 0 Å². The van der Waals surface area contributed by atoms with Crippen LogP contribution < -0.4 is 5.32 Å². The third-order valence-electron chi connectivity index (χ3n) is 2.57. The lowest BCUT2D eigenvalue weighted by Gasteiger charge is -2.06. The van der Waals surface area contributed by atoms with Crippen LogP contribution in [0.4, 0.5) is 10.1 Å². The molecule has 5 nitrogen and oxygen atoms in total. The Morgan fingerprint density at radius 2 is 2.00 bits per heavy atom. The molecule has 1 heterocycles. The Hall–Kier alpha value is -1.99. The number of pyridine rings is 1. The van der Waals surface area contributed by atoms with E-state index in [1.807, 2.05) is 0 Å². The minimum absolute atomic E-state index is 0.102. The van der Waals surface area contributed by atoms with E-state index in [4.69, 9.17) is 10.7 Å². The molecular weight excluding hydrogens is 319 g/mol. The molecule has 21 heavy (non-hydrogen) atoms. The monoisotopic (exact) mass is 328 g/mol. The van der Waals surface area contributed by atoms with Crippen molar-refractivity contribution in [3.05, 3.63) is 53.6 Å². The quantitative estimate of drug-likeness (QED) is 0.879. The molecule has 0 unspecified atom stereocenters. The molecular formula is C13H10ClFN2O3S. The van der Waals surface area contributed by atoms with Crippen molar-refractivity contribution >= 4 is 31.3 Å². The van der Waals surface area contributed by atoms with Gasteiger partial charge in [-0.05, 0) is 37.3 Å². The summed E-state index contributed by atoms with van der Waals surface area (Å²) in [6.45, 7) is 1.73. The number of nitrogens with one attached hydrogen (secondary N) is 1. The summed E-state index contributed by atoms with van der Waals surface area (Å²) in [7, 11) is 0.906. The summed E-state index contributed by atoms with van der Waals surface area (Å²) in [6.07, 6.45) is 0. The van der Waals surface area contributed by atoms with Gasteiger partial charge in [0, 0.05) is 22.1 Å². The van der Waals surface area contributed by atoms with Crippen molar-refractivity contribution in [1.82, 2.24) is 4.98 Å². The van der Waals surface area contributed by atoms with Gasteiger partial charge in [0.2, 0.25) is 0 Å². The third-order valence-corrected chi connectivity index (χ3v) is 3.93. The van der Waals surface area contributed by atoms with E-state index >= 15 is 0 Å². The number of hydrogen-bond donors (Lipinski definition) is 1. The average molecular weight is 329 g/mol. The molecule has 0 aliphatic carbocycles. The van der Waals surface area contributed by atoms with Crippen LogP contribution in [0.2, 0.25) is 0 Å². The predicted molar refractivity (Wildman–Crippen MR) is 76.4 cm³/mol. The molecule has 1 amide bonds. The van der Waals surface area contributed by atoms with E-state index in [0.29, 0.717) is 5.69 Å². The Morgan fingerprint density at radius 3 is 2.57 bits per heavy atom. The number of aryl methyl sites for hydroxylation is 1. The predicted octanol–water partition coefficient (Wildman–Crippen LogP) is 2.71. The fraction of sp³-hybridized carbons (Fsp3) is 0.0769. The molecule has 0 aliphatic rings. The Labute approximate surface area is 125 Å². The number of anilines is 1. The number of carbonyl (C=O) groups excluding carboxylic acids is 1. The first kappa shape index (κ1) is 15.4. The fourth-order valence-corrected chi connectivity index (χ4v) is 2.54. The minimum atomic E-state index is -4.16. The zero-order valence-corrected chi connectivity index (χ0v) is 12.4. The number of benzene rings is 1. The third kappa shape index (κ3) is 3.77. The van der Waals surface area contributed by atoms with Gasteiger partial charge in [0.25, 0.3) is 15.0 Å². The molecule has 0 spiro atoms. The highest BCUT2D eigenvalue weighted by Crippen LogP contribution is 2.22. The molecule has 0 saturated heterocycles. The Kier molecular flexibility index (Phi) is 4.24. The molecule has 2 rings (SSSR count). The number of amides is 1. The summed E-state index contributed by atoms with van der Waals surface area (Å²) < 4.78 is 35.8. The maximum absolute atomic E-state index is 13.6. The molecule has 2 aromatic rings. The van der Waals surface area contributed by atoms with Crippen LogP contribution in [0, 0.1) is 12.7 Å². The highest BCUT2D eigenvalue weighted by molar-refractivity contribution is 8.13. The van der Waals surface area contributed by atoms with Crippen LogP contribution in [0.1, 0.15) is 16.2 Å². The molecule has 1 N–H and O–H groups in total. The number of nitrogens with zero attached hydrogens (tertiary/aromatic N) is 1. The van der Waals surface area contributed by atoms with E-state index in [-0.39, 0.29) is 11.4 Å². The normalized spacial score (nSPS) is 11.2. The summed E-state index contributed by atoms with van der Waals surface area (Å²) in [6, 6.07) is 8.01. The minimum Gasteiger partial charge on any atom is -0.321 e. The molecule has 0 atom stereocenters. The lowest BCUT2D eigenvalue weighted by Crippen LogP contribution is -2.14. The van der Waals surface area contributed by atoms with Crippen molar-refractivity contribution in [2.75, 3.05) is 5.32 Å². The van der Waals surface area contributed by atoms with E-state index in [2.05, 4.69) is 10.3 Å². The van der Waals surface area contributed by atoms with Gasteiger partial charge in [-0.2, -0.15) is 0 Å². The molecule has 8 heteroatoms. The van der Waals surface area contributed by atoms with Crippen molar-refractivity contribution in [1.29, 1.82) is 0 Å². The average Bonchev–Trinajstić information content (AvgIpc) is 2.37. The Bertz CT molecular complexity index is 809. The van der Waals surface area contributed by atoms with Gasteiger partial charge in [0.15, 0.2) is 0 Å². The standard InChI is InChI=1S/C13H10ClFN2O3S/c1-8-3-2-4-11(16-8)13(18)17-9-5-6-12(10(15)7-9)21(14,19)20/h2-7H,1H3,(H,17,18). The molecule has 0 saturated carbocycles. The number of carbonyl (C=O) groups is 1. The van der Waals surface area contributed by atoms with Crippen LogP contribution in [0.25, 0.3) is 0 Å². The topological polar surface area (TPSA) is 76.1 Å². The van der Waals surface area contributed by atoms with Gasteiger partial charge < -0.3 is 5.32 Å². The van der Waals surface area contributed by atoms with E-state index < -0.39 is 25.7 Å². The summed E-state index contributed by atoms with van der Waals surface area (Å²) >= 11 is 0. The number of rotatable bonds is 3. The SMILES string of the molecule is Cc1cccc(C(=O)Nc2ccc(S(=O)(=O)Cl)c(F)c2)n1. The van der Waals surface area contributed by atoms with Crippen LogP contribution in [-0.4, -0.2) is 19.3 Å². The number of aromatic nitrogens is 1. The van der Waals surface area contributed by atoms with E-state index in [1.165, 1.54) is 12.1 Å². The highest BCUT2D eigenvalue weighted by Gasteiger charge is 2.17. The summed E-state index contributed by atoms with van der Waals surface area (Å²) in [5.74, 6) is -1.57. The van der Waals surface area contributed by atoms with Crippen molar-refractivity contribution in [3.63, 3.8) is 0 Å². The number of halogens is 2. The second kappa shape index (κ2) is 5.79. The molecule has 0 bridgehead atoms. The first-order valence-electron chi connectivity index (χ1n) is 5.76. The summed E-state index contributed by atoms with van der Waals surface area (Å²) in [5, 5.41) is 2.43. The van der Waals surface area contributed by atoms with Gasteiger partial charge in [-0.3, -0.25) is 4.79 Å². The second-order valence-electron chi connectivity index (χ2n) is 4.20. The summed E-state index contributed by atoms with van der Waals surface area (Å²) in [4.78, 5) is 15.3. The van der Waals surface area contributed by atoms with Crippen LogP contribution in [0.3, 0.4) is 0 Å². The van der Waals surface area contributed by atoms with E-state index in [9.17, 15) is 17.6 Å². The molecule has 0 fully saturated rings. The lowest BCUT2D eigenvalue weighted by molar-refractivity contribution is 0.102. The first-order chi connectivity index (χ1) is 9.77. The van der Waals surface area contributed by atoms with Crippen molar-refractivity contribution in [2.24, 2.45) is 0 Å². The molecule has 0 aliphatic heterocycles. The van der Waals surface area contributed by atoms with Crippen LogP contribution in [-0.2, 0) is 9.05 Å². The smallest absolute Gasteiger partial charge is 0.274 e. The van der Waals surface area contributed by atoms with Crippen molar-refractivity contribution in [2.45, 2.75) is 11.8 Å². The molecule has 1 aromatic heterocycles. The van der Waals surface area contributed by atoms with Crippen LogP contribution >= 0.6 is 10.7 Å². The van der Waals surface area contributed by atoms with Crippen LogP contribution in [0.15, 0.2) is 41.3 Å². The Balaban J connectivity index is 2.25. The lowest BCUT2D eigenvalue weighted by atomic mass is 10.2. The fourth-order valence-electron chi connectivity index (χ4n) is 1.64. The van der Waals surface area contributed by atoms with Gasteiger partial charge in [-0.25, -0.2) is 17.8 Å². The maximum Gasteiger partial charge on any atom is 0.274 e. The van der Waals surface area contributed by atoms with Crippen LogP contribution in [0.5, 0.6) is 0 Å². The highest BCUT2D eigenvalue weighted by atomic mass is 35.7. The zero-order chi connectivity index (χ0) is 15.6. The summed E-state index contributed by atoms with van der Waals surface area (Å²) in [5.41, 5.74) is 0.937. The van der Waals surface area contributed by atoms with Gasteiger partial charge in [0.1, 0.15) is 16.4 Å². The van der Waals surface area contributed by atoms with E-state index in [0.717, 1.165) is 12.1 Å². The molecule has 1 aromatic carbocycles. The largest absolute Gasteiger partial charge is 0.321 e. The van der Waals surface area contributed by atoms with Gasteiger partial charge in [-0.1, -0.05) is 6.07 Å². The zero-order valence-electron chi connectivity index (χ0n) is 10.8. The molecule has 0 radical (unpaired) electrons. The first-order valence-corrected chi connectivity index (χ1v) is 8.07. The van der Waals surface area contributed by atoms with Gasteiger partial charge in [0.05, 0.1) is 0 Å². The van der Waals surface area contributed by atoms with Gasteiger partial charge in [-0.15, -0.1) is 0 Å². The maximum atomic E-state index is 13.6. The second-order valence-corrected chi connectivity index (χ2v) is 6.74. The molecule has 110 valence electrons.